The van der Waals surface area contributed by atoms with E-state index in [9.17, 15) is 0 Å². The van der Waals surface area contributed by atoms with E-state index >= 15 is 0 Å². The summed E-state index contributed by atoms with van der Waals surface area (Å²) in [5.74, 6) is 1.83. The first-order valence-electron chi connectivity index (χ1n) is 3.90. The molecule has 0 saturated carbocycles. The molecule has 0 aliphatic rings. The van der Waals surface area contributed by atoms with Crippen molar-refractivity contribution in [2.24, 2.45) is 0 Å². The Hall–Kier alpha value is -1.36. The van der Waals surface area contributed by atoms with Crippen LogP contribution in [0.5, 0.6) is 0 Å². The molecule has 0 bridgehead atoms. The molecule has 2 heterocycles. The number of rotatable bonds is 3. The van der Waals surface area contributed by atoms with Crippen LogP contribution in [0, 0.1) is 6.92 Å². The van der Waals surface area contributed by atoms with Gasteiger partial charge in [-0.1, -0.05) is 11.3 Å². The van der Waals surface area contributed by atoms with Crippen LogP contribution in [0.3, 0.4) is 0 Å². The molecular weight excluding hydrogens is 186 g/mol. The van der Waals surface area contributed by atoms with Crippen LogP contribution in [-0.4, -0.2) is 10.2 Å². The van der Waals surface area contributed by atoms with Gasteiger partial charge >= 0.3 is 0 Å². The number of nitrogens with one attached hydrogen (secondary N) is 1. The lowest BCUT2D eigenvalue weighted by Crippen LogP contribution is -1.97. The molecule has 13 heavy (non-hydrogen) atoms. The molecule has 0 radical (unpaired) electrons. The average Bonchev–Trinajstić information content (AvgIpc) is 2.71. The Morgan fingerprint density at radius 1 is 1.54 bits per heavy atom. The van der Waals surface area contributed by atoms with Crippen molar-refractivity contribution < 1.29 is 4.42 Å². The summed E-state index contributed by atoms with van der Waals surface area (Å²) in [5, 5.41) is 11.5. The molecule has 2 aromatic rings. The first-order chi connectivity index (χ1) is 6.34. The van der Waals surface area contributed by atoms with Crippen LogP contribution < -0.4 is 5.32 Å². The quantitative estimate of drug-likeness (QED) is 0.814. The molecule has 2 rings (SSSR count). The highest BCUT2D eigenvalue weighted by molar-refractivity contribution is 7.13. The summed E-state index contributed by atoms with van der Waals surface area (Å²) in [5.41, 5.74) is 1.69. The fourth-order valence-corrected chi connectivity index (χ4v) is 1.44. The first kappa shape index (κ1) is 8.25. The molecule has 68 valence electrons. The summed E-state index contributed by atoms with van der Waals surface area (Å²) in [7, 11) is 0. The molecule has 0 saturated heterocycles. The second-order valence-corrected chi connectivity index (χ2v) is 3.44. The highest BCUT2D eigenvalue weighted by Gasteiger charge is 1.99. The molecule has 0 aliphatic carbocycles. The minimum absolute atomic E-state index is 0.656. The van der Waals surface area contributed by atoms with Crippen LogP contribution >= 0.6 is 11.3 Å². The van der Waals surface area contributed by atoms with E-state index in [-0.39, 0.29) is 0 Å². The number of aromatic nitrogens is 2. The maximum Gasteiger partial charge on any atom is 0.205 e. The van der Waals surface area contributed by atoms with Gasteiger partial charge in [0.2, 0.25) is 5.13 Å². The zero-order chi connectivity index (χ0) is 9.10. The lowest BCUT2D eigenvalue weighted by Gasteiger charge is -1.96. The largest absolute Gasteiger partial charge is 0.465 e. The smallest absolute Gasteiger partial charge is 0.205 e. The summed E-state index contributed by atoms with van der Waals surface area (Å²) in [6.45, 7) is 2.58. The Labute approximate surface area is 79.6 Å². The summed E-state index contributed by atoms with van der Waals surface area (Å²) in [6.07, 6.45) is 0. The van der Waals surface area contributed by atoms with Gasteiger partial charge in [0.25, 0.3) is 0 Å². The normalized spacial score (nSPS) is 10.2. The van der Waals surface area contributed by atoms with Crippen LogP contribution in [0.15, 0.2) is 22.1 Å². The number of hydrogen-bond donors (Lipinski definition) is 1. The van der Waals surface area contributed by atoms with Gasteiger partial charge in [-0.05, 0) is 19.1 Å². The Balaban J connectivity index is 1.93. The lowest BCUT2D eigenvalue weighted by atomic mass is 10.4. The van der Waals surface area contributed by atoms with Crippen molar-refractivity contribution >= 4 is 16.5 Å². The number of nitrogens with zero attached hydrogens (tertiary/aromatic N) is 2. The van der Waals surface area contributed by atoms with Crippen molar-refractivity contribution in [3.05, 3.63) is 29.2 Å². The first-order valence-corrected chi connectivity index (χ1v) is 4.78. The third kappa shape index (κ3) is 2.06. The monoisotopic (exact) mass is 195 g/mol. The highest BCUT2D eigenvalue weighted by Crippen LogP contribution is 2.11. The Morgan fingerprint density at radius 2 is 2.46 bits per heavy atom. The minimum atomic E-state index is 0.656. The van der Waals surface area contributed by atoms with E-state index in [1.54, 1.807) is 5.51 Å². The summed E-state index contributed by atoms with van der Waals surface area (Å²) >= 11 is 1.47. The maximum atomic E-state index is 5.38. The van der Waals surface area contributed by atoms with Crippen LogP contribution in [0.2, 0.25) is 0 Å². The molecule has 1 N–H and O–H groups in total. The minimum Gasteiger partial charge on any atom is -0.465 e. The van der Waals surface area contributed by atoms with Crippen LogP contribution in [0.4, 0.5) is 5.13 Å². The molecular formula is C8H9N3OS. The van der Waals surface area contributed by atoms with Gasteiger partial charge in [-0.2, -0.15) is 0 Å². The van der Waals surface area contributed by atoms with Gasteiger partial charge in [0.1, 0.15) is 17.0 Å². The molecule has 2 aromatic heterocycles. The van der Waals surface area contributed by atoms with E-state index in [0.29, 0.717) is 6.54 Å². The van der Waals surface area contributed by atoms with Gasteiger partial charge in [-0.25, -0.2) is 0 Å². The van der Waals surface area contributed by atoms with Gasteiger partial charge < -0.3 is 9.73 Å². The van der Waals surface area contributed by atoms with Gasteiger partial charge in [-0.15, -0.1) is 10.2 Å². The highest BCUT2D eigenvalue weighted by atomic mass is 32.1. The predicted molar refractivity (Wildman–Crippen MR) is 50.7 cm³/mol. The van der Waals surface area contributed by atoms with E-state index in [1.165, 1.54) is 11.3 Å². The third-order valence-electron chi connectivity index (χ3n) is 1.57. The lowest BCUT2D eigenvalue weighted by molar-refractivity contribution is 0.490. The predicted octanol–water partition coefficient (Wildman–Crippen LogP) is 2.05. The topological polar surface area (TPSA) is 51.0 Å². The van der Waals surface area contributed by atoms with E-state index in [1.807, 2.05) is 19.1 Å². The molecule has 0 aromatic carbocycles. The summed E-state index contributed by atoms with van der Waals surface area (Å²) in [4.78, 5) is 0. The van der Waals surface area contributed by atoms with Gasteiger partial charge in [0.15, 0.2) is 0 Å². The second kappa shape index (κ2) is 3.57. The molecule has 0 spiro atoms. The Kier molecular flexibility index (Phi) is 2.27. The van der Waals surface area contributed by atoms with E-state index in [0.717, 1.165) is 16.7 Å². The molecule has 0 aliphatic heterocycles. The fraction of sp³-hybridized carbons (Fsp3) is 0.250. The van der Waals surface area contributed by atoms with Crippen molar-refractivity contribution in [2.75, 3.05) is 5.32 Å². The van der Waals surface area contributed by atoms with Gasteiger partial charge in [0, 0.05) is 0 Å². The van der Waals surface area contributed by atoms with Crippen molar-refractivity contribution in [1.29, 1.82) is 0 Å². The Bertz CT molecular complexity index is 368. The van der Waals surface area contributed by atoms with Crippen molar-refractivity contribution in [2.45, 2.75) is 13.5 Å². The number of anilines is 1. The number of aryl methyl sites for hydroxylation is 1. The molecule has 0 unspecified atom stereocenters. The van der Waals surface area contributed by atoms with Gasteiger partial charge in [-0.3, -0.25) is 0 Å². The Morgan fingerprint density at radius 3 is 3.08 bits per heavy atom. The molecule has 5 heteroatoms. The van der Waals surface area contributed by atoms with E-state index < -0.39 is 0 Å². The zero-order valence-corrected chi connectivity index (χ0v) is 7.97. The SMILES string of the molecule is Cc1ccc(CNc2nncs2)o1. The maximum absolute atomic E-state index is 5.38. The van der Waals surface area contributed by atoms with Crippen molar-refractivity contribution in [1.82, 2.24) is 10.2 Å². The third-order valence-corrected chi connectivity index (χ3v) is 2.22. The molecule has 4 nitrogen and oxygen atoms in total. The molecule has 0 fully saturated rings. The molecule has 0 atom stereocenters. The van der Waals surface area contributed by atoms with Gasteiger partial charge in [0.05, 0.1) is 6.54 Å². The van der Waals surface area contributed by atoms with Crippen molar-refractivity contribution in [3.63, 3.8) is 0 Å². The van der Waals surface area contributed by atoms with Crippen molar-refractivity contribution in [3.8, 4) is 0 Å². The summed E-state index contributed by atoms with van der Waals surface area (Å²) < 4.78 is 5.38. The second-order valence-electron chi connectivity index (χ2n) is 2.61. The van der Waals surface area contributed by atoms with E-state index in [4.69, 9.17) is 4.42 Å². The molecule has 0 amide bonds. The van der Waals surface area contributed by atoms with E-state index in [2.05, 4.69) is 15.5 Å². The number of furan rings is 1. The summed E-state index contributed by atoms with van der Waals surface area (Å²) in [6, 6.07) is 3.89. The zero-order valence-electron chi connectivity index (χ0n) is 7.15. The standard InChI is InChI=1S/C8H9N3OS/c1-6-2-3-7(12-6)4-9-8-11-10-5-13-8/h2-3,5H,4H2,1H3,(H,9,11). The van der Waals surface area contributed by atoms with Crippen LogP contribution in [0.25, 0.3) is 0 Å². The number of hydrogen-bond acceptors (Lipinski definition) is 5. The average molecular weight is 195 g/mol. The van der Waals surface area contributed by atoms with Crippen LogP contribution in [0.1, 0.15) is 11.5 Å². The fourth-order valence-electron chi connectivity index (χ4n) is 0.993. The van der Waals surface area contributed by atoms with Crippen LogP contribution in [-0.2, 0) is 6.54 Å².